The third-order valence-corrected chi connectivity index (χ3v) is 2.92. The highest BCUT2D eigenvalue weighted by Crippen LogP contribution is 2.20. The first-order valence-corrected chi connectivity index (χ1v) is 4.33. The van der Waals surface area contributed by atoms with Crippen LogP contribution in [0.3, 0.4) is 0 Å². The van der Waals surface area contributed by atoms with Crippen LogP contribution in [0.1, 0.15) is 27.7 Å². The highest BCUT2D eigenvalue weighted by atomic mass is 16.1. The van der Waals surface area contributed by atoms with Crippen LogP contribution in [0.25, 0.3) is 0 Å². The molecule has 64 valence electrons. The fourth-order valence-corrected chi connectivity index (χ4v) is 1.61. The second-order valence-electron chi connectivity index (χ2n) is 3.72. The normalized spacial score (nSPS) is 46.0. The number of carbonyl (C=O) groups excluding carboxylic acids is 1. The summed E-state index contributed by atoms with van der Waals surface area (Å²) in [7, 11) is 0. The quantitative estimate of drug-likeness (QED) is 0.569. The summed E-state index contributed by atoms with van der Waals surface area (Å²) in [6.45, 7) is 8.15. The average molecular weight is 155 g/mol. The lowest BCUT2D eigenvalue weighted by atomic mass is 9.82. The Morgan fingerprint density at radius 1 is 1.00 bits per heavy atom. The molecule has 4 unspecified atom stereocenters. The Hall–Kier alpha value is -0.370. The van der Waals surface area contributed by atoms with Crippen molar-refractivity contribution in [3.05, 3.63) is 0 Å². The smallest absolute Gasteiger partial charge is 0.141 e. The lowest BCUT2D eigenvalue weighted by Crippen LogP contribution is -2.53. The molecular weight excluding hydrogens is 138 g/mol. The number of hydrogen-bond acceptors (Lipinski definition) is 2. The minimum absolute atomic E-state index is 0.182. The van der Waals surface area contributed by atoms with E-state index >= 15 is 0 Å². The molecule has 0 saturated carbocycles. The SMILES string of the molecule is CC1NC(C)C(C)C(=O)C1C. The first kappa shape index (κ1) is 8.72. The van der Waals surface area contributed by atoms with Gasteiger partial charge in [-0.05, 0) is 13.8 Å². The van der Waals surface area contributed by atoms with Crippen LogP contribution >= 0.6 is 0 Å². The second kappa shape index (κ2) is 2.94. The van der Waals surface area contributed by atoms with Crippen LogP contribution in [0.2, 0.25) is 0 Å². The van der Waals surface area contributed by atoms with Gasteiger partial charge in [-0.15, -0.1) is 0 Å². The fourth-order valence-electron chi connectivity index (χ4n) is 1.61. The molecule has 0 aliphatic carbocycles. The minimum Gasteiger partial charge on any atom is -0.310 e. The number of carbonyl (C=O) groups is 1. The summed E-state index contributed by atoms with van der Waals surface area (Å²) in [5.74, 6) is 0.770. The van der Waals surface area contributed by atoms with Crippen molar-refractivity contribution < 1.29 is 4.79 Å². The Bertz CT molecular complexity index is 151. The van der Waals surface area contributed by atoms with Crippen LogP contribution in [0.4, 0.5) is 0 Å². The van der Waals surface area contributed by atoms with Crippen molar-refractivity contribution in [1.82, 2.24) is 5.32 Å². The Morgan fingerprint density at radius 2 is 1.36 bits per heavy atom. The third-order valence-electron chi connectivity index (χ3n) is 2.92. The average Bonchev–Trinajstić information content (AvgIpc) is 1.97. The van der Waals surface area contributed by atoms with Crippen molar-refractivity contribution in [1.29, 1.82) is 0 Å². The first-order chi connectivity index (χ1) is 5.04. The van der Waals surface area contributed by atoms with E-state index in [2.05, 4.69) is 19.2 Å². The summed E-state index contributed by atoms with van der Waals surface area (Å²) in [6.07, 6.45) is 0. The molecule has 0 aromatic heterocycles. The molecule has 0 aromatic carbocycles. The summed E-state index contributed by atoms with van der Waals surface area (Å²) in [5, 5.41) is 3.39. The lowest BCUT2D eigenvalue weighted by Gasteiger charge is -2.35. The van der Waals surface area contributed by atoms with Gasteiger partial charge in [0.25, 0.3) is 0 Å². The summed E-state index contributed by atoms with van der Waals surface area (Å²) in [6, 6.07) is 0.683. The van der Waals surface area contributed by atoms with Gasteiger partial charge < -0.3 is 5.32 Å². The van der Waals surface area contributed by atoms with Crippen LogP contribution < -0.4 is 5.32 Å². The molecule has 2 nitrogen and oxygen atoms in total. The third kappa shape index (κ3) is 1.45. The zero-order valence-corrected chi connectivity index (χ0v) is 7.72. The Morgan fingerprint density at radius 3 is 1.73 bits per heavy atom. The van der Waals surface area contributed by atoms with E-state index in [1.165, 1.54) is 0 Å². The van der Waals surface area contributed by atoms with E-state index in [1.54, 1.807) is 0 Å². The maximum Gasteiger partial charge on any atom is 0.141 e. The number of ketones is 1. The first-order valence-electron chi connectivity index (χ1n) is 4.33. The van der Waals surface area contributed by atoms with Crippen molar-refractivity contribution in [2.45, 2.75) is 39.8 Å². The van der Waals surface area contributed by atoms with Gasteiger partial charge in [-0.3, -0.25) is 4.79 Å². The zero-order chi connectivity index (χ0) is 8.59. The van der Waals surface area contributed by atoms with E-state index in [9.17, 15) is 4.79 Å². The van der Waals surface area contributed by atoms with Crippen LogP contribution in [0.5, 0.6) is 0 Å². The number of rotatable bonds is 0. The standard InChI is InChI=1S/C9H17NO/c1-5-7(3)10-8(4)6(2)9(5)11/h5-8,10H,1-4H3. The summed E-state index contributed by atoms with van der Waals surface area (Å²) < 4.78 is 0. The topological polar surface area (TPSA) is 29.1 Å². The van der Waals surface area contributed by atoms with Gasteiger partial charge in [0, 0.05) is 23.9 Å². The maximum absolute atomic E-state index is 11.5. The molecule has 1 heterocycles. The van der Waals surface area contributed by atoms with E-state index in [0.717, 1.165) is 0 Å². The molecule has 1 rings (SSSR count). The molecular formula is C9H17NO. The van der Waals surface area contributed by atoms with Crippen LogP contribution in [0, 0.1) is 11.8 Å². The molecule has 0 amide bonds. The van der Waals surface area contributed by atoms with E-state index in [4.69, 9.17) is 0 Å². The maximum atomic E-state index is 11.5. The number of piperidine rings is 1. The van der Waals surface area contributed by atoms with Crippen molar-refractivity contribution in [2.24, 2.45) is 11.8 Å². The van der Waals surface area contributed by atoms with Gasteiger partial charge in [0.05, 0.1) is 0 Å². The summed E-state index contributed by atoms with van der Waals surface area (Å²) >= 11 is 0. The Labute approximate surface area is 68.4 Å². The van der Waals surface area contributed by atoms with Gasteiger partial charge in [-0.2, -0.15) is 0 Å². The second-order valence-corrected chi connectivity index (χ2v) is 3.72. The van der Waals surface area contributed by atoms with E-state index in [1.807, 2.05) is 13.8 Å². The van der Waals surface area contributed by atoms with Gasteiger partial charge >= 0.3 is 0 Å². The molecule has 1 saturated heterocycles. The molecule has 1 N–H and O–H groups in total. The molecule has 1 fully saturated rings. The van der Waals surface area contributed by atoms with E-state index in [-0.39, 0.29) is 11.8 Å². The molecule has 11 heavy (non-hydrogen) atoms. The predicted molar refractivity (Wildman–Crippen MR) is 45.4 cm³/mol. The predicted octanol–water partition coefficient (Wildman–Crippen LogP) is 1.21. The fraction of sp³-hybridized carbons (Fsp3) is 0.889. The Balaban J connectivity index is 2.71. The molecule has 0 spiro atoms. The molecule has 4 atom stereocenters. The molecule has 0 radical (unpaired) electrons. The number of Topliss-reactive ketones (excluding diaryl/α,β-unsaturated/α-hetero) is 1. The monoisotopic (exact) mass is 155 g/mol. The van der Waals surface area contributed by atoms with Gasteiger partial charge in [0.2, 0.25) is 0 Å². The van der Waals surface area contributed by atoms with Crippen LogP contribution in [0.15, 0.2) is 0 Å². The van der Waals surface area contributed by atoms with Crippen molar-refractivity contribution in [3.63, 3.8) is 0 Å². The van der Waals surface area contributed by atoms with E-state index in [0.29, 0.717) is 17.9 Å². The number of hydrogen-bond donors (Lipinski definition) is 1. The molecule has 0 bridgehead atoms. The van der Waals surface area contributed by atoms with Gasteiger partial charge in [-0.1, -0.05) is 13.8 Å². The van der Waals surface area contributed by atoms with Crippen molar-refractivity contribution in [3.8, 4) is 0 Å². The van der Waals surface area contributed by atoms with Crippen LogP contribution in [-0.4, -0.2) is 17.9 Å². The lowest BCUT2D eigenvalue weighted by molar-refractivity contribution is -0.129. The molecule has 2 heteroatoms. The van der Waals surface area contributed by atoms with Gasteiger partial charge in [-0.25, -0.2) is 0 Å². The summed E-state index contributed by atoms with van der Waals surface area (Å²) in [5.41, 5.74) is 0. The van der Waals surface area contributed by atoms with Gasteiger partial charge in [0.1, 0.15) is 5.78 Å². The van der Waals surface area contributed by atoms with Crippen molar-refractivity contribution >= 4 is 5.78 Å². The minimum atomic E-state index is 0.182. The highest BCUT2D eigenvalue weighted by molar-refractivity contribution is 5.84. The Kier molecular flexibility index (Phi) is 2.33. The highest BCUT2D eigenvalue weighted by Gasteiger charge is 2.34. The van der Waals surface area contributed by atoms with Crippen molar-refractivity contribution in [2.75, 3.05) is 0 Å². The van der Waals surface area contributed by atoms with Crippen LogP contribution in [-0.2, 0) is 4.79 Å². The molecule has 1 aliphatic heterocycles. The largest absolute Gasteiger partial charge is 0.310 e. The van der Waals surface area contributed by atoms with E-state index < -0.39 is 0 Å². The summed E-state index contributed by atoms with van der Waals surface area (Å²) in [4.78, 5) is 11.5. The molecule has 1 aliphatic rings. The number of nitrogens with one attached hydrogen (secondary N) is 1. The zero-order valence-electron chi connectivity index (χ0n) is 7.72. The molecule has 0 aromatic rings. The van der Waals surface area contributed by atoms with Gasteiger partial charge in [0.15, 0.2) is 0 Å².